The van der Waals surface area contributed by atoms with Crippen LogP contribution in [0.15, 0.2) is 0 Å². The monoisotopic (exact) mass is 156 g/mol. The maximum Gasteiger partial charge on any atom is 0.395 e. The van der Waals surface area contributed by atoms with Gasteiger partial charge in [-0.25, -0.2) is 0 Å². The molecule has 0 aromatic rings. The Labute approximate surface area is 68.7 Å². The summed E-state index contributed by atoms with van der Waals surface area (Å²) < 4.78 is 10.0. The van der Waals surface area contributed by atoms with E-state index in [-0.39, 0.29) is 0 Å². The Morgan fingerprint density at radius 2 is 2.18 bits per heavy atom. The topological polar surface area (TPSA) is 30.5 Å². The van der Waals surface area contributed by atoms with Crippen LogP contribution in [0.4, 0.5) is 0 Å². The van der Waals surface area contributed by atoms with Crippen LogP contribution in [0, 0.1) is 0 Å². The number of rotatable bonds is 4. The standard InChI is InChI=1S/C7H15BNO2/c1-10-7-4-3-6(5-7)9-8-11-2/h6-7,9H,3-5H2,1-2H3/t6-,7+/m0/s1. The van der Waals surface area contributed by atoms with Crippen molar-refractivity contribution in [2.24, 2.45) is 0 Å². The molecule has 3 nitrogen and oxygen atoms in total. The Bertz CT molecular complexity index is 113. The van der Waals surface area contributed by atoms with Gasteiger partial charge < -0.3 is 14.6 Å². The van der Waals surface area contributed by atoms with E-state index in [1.807, 2.05) is 0 Å². The largest absolute Gasteiger partial charge is 0.427 e. The summed E-state index contributed by atoms with van der Waals surface area (Å²) in [5.41, 5.74) is 0. The Morgan fingerprint density at radius 3 is 2.73 bits per heavy atom. The number of hydrogen-bond donors (Lipinski definition) is 1. The molecule has 0 aliphatic heterocycles. The Morgan fingerprint density at radius 1 is 1.36 bits per heavy atom. The molecule has 1 aliphatic rings. The van der Waals surface area contributed by atoms with Crippen LogP contribution in [0.25, 0.3) is 0 Å². The van der Waals surface area contributed by atoms with Gasteiger partial charge in [0.25, 0.3) is 0 Å². The van der Waals surface area contributed by atoms with E-state index >= 15 is 0 Å². The van der Waals surface area contributed by atoms with Crippen molar-refractivity contribution in [1.29, 1.82) is 0 Å². The molecule has 0 aromatic carbocycles. The van der Waals surface area contributed by atoms with Crippen molar-refractivity contribution in [1.82, 2.24) is 5.23 Å². The van der Waals surface area contributed by atoms with E-state index in [9.17, 15) is 0 Å². The predicted molar refractivity (Wildman–Crippen MR) is 44.3 cm³/mol. The summed E-state index contributed by atoms with van der Waals surface area (Å²) in [6, 6.07) is 0.542. The summed E-state index contributed by atoms with van der Waals surface area (Å²) >= 11 is 0. The maximum atomic E-state index is 5.23. The first kappa shape index (κ1) is 9.04. The molecule has 0 bridgehead atoms. The van der Waals surface area contributed by atoms with Crippen molar-refractivity contribution in [2.45, 2.75) is 31.4 Å². The van der Waals surface area contributed by atoms with Crippen LogP contribution in [0.2, 0.25) is 0 Å². The molecule has 0 heterocycles. The molecular formula is C7H15BNO2. The highest BCUT2D eigenvalue weighted by molar-refractivity contribution is 6.23. The van der Waals surface area contributed by atoms with Crippen molar-refractivity contribution in [3.63, 3.8) is 0 Å². The fourth-order valence-corrected chi connectivity index (χ4v) is 1.47. The molecule has 1 aliphatic carbocycles. The summed E-state index contributed by atoms with van der Waals surface area (Å²) in [6.45, 7) is 0. The molecule has 1 fully saturated rings. The third-order valence-corrected chi connectivity index (χ3v) is 2.14. The third-order valence-electron chi connectivity index (χ3n) is 2.14. The van der Waals surface area contributed by atoms with Crippen LogP contribution in [0.1, 0.15) is 19.3 Å². The molecular weight excluding hydrogens is 141 g/mol. The van der Waals surface area contributed by atoms with Crippen molar-refractivity contribution < 1.29 is 9.39 Å². The molecule has 63 valence electrons. The van der Waals surface area contributed by atoms with Crippen molar-refractivity contribution in [3.8, 4) is 0 Å². The van der Waals surface area contributed by atoms with E-state index in [2.05, 4.69) is 5.23 Å². The van der Waals surface area contributed by atoms with Crippen LogP contribution < -0.4 is 5.23 Å². The highest BCUT2D eigenvalue weighted by Crippen LogP contribution is 2.20. The number of nitrogens with one attached hydrogen (secondary N) is 1. The molecule has 0 aromatic heterocycles. The minimum absolute atomic E-state index is 0.442. The highest BCUT2D eigenvalue weighted by atomic mass is 16.5. The average Bonchev–Trinajstić information content (AvgIpc) is 2.48. The normalized spacial score (nSPS) is 30.7. The minimum atomic E-state index is 0.442. The second-order valence-corrected chi connectivity index (χ2v) is 2.89. The summed E-state index contributed by atoms with van der Waals surface area (Å²) in [7, 11) is 5.06. The third kappa shape index (κ3) is 2.81. The van der Waals surface area contributed by atoms with Crippen LogP contribution in [0.3, 0.4) is 0 Å². The van der Waals surface area contributed by atoms with Gasteiger partial charge in [0.05, 0.1) is 6.10 Å². The number of hydrogen-bond acceptors (Lipinski definition) is 3. The molecule has 11 heavy (non-hydrogen) atoms. The lowest BCUT2D eigenvalue weighted by Gasteiger charge is -2.10. The molecule has 1 N–H and O–H groups in total. The van der Waals surface area contributed by atoms with Crippen molar-refractivity contribution >= 4 is 7.62 Å². The predicted octanol–water partition coefficient (Wildman–Crippen LogP) is 0.324. The molecule has 0 saturated heterocycles. The van der Waals surface area contributed by atoms with Gasteiger partial charge in [0.2, 0.25) is 0 Å². The Kier molecular flexibility index (Phi) is 3.90. The molecule has 0 spiro atoms. The zero-order valence-electron chi connectivity index (χ0n) is 7.17. The molecule has 4 heteroatoms. The Hall–Kier alpha value is -0.0551. The van der Waals surface area contributed by atoms with Gasteiger partial charge in [-0.1, -0.05) is 0 Å². The van der Waals surface area contributed by atoms with Gasteiger partial charge in [-0.3, -0.25) is 0 Å². The van der Waals surface area contributed by atoms with Crippen LogP contribution in [-0.2, 0) is 9.39 Å². The van der Waals surface area contributed by atoms with Crippen molar-refractivity contribution in [2.75, 3.05) is 14.2 Å². The van der Waals surface area contributed by atoms with E-state index in [1.54, 1.807) is 21.8 Å². The van der Waals surface area contributed by atoms with Gasteiger partial charge in [0.15, 0.2) is 0 Å². The summed E-state index contributed by atoms with van der Waals surface area (Å²) in [5.74, 6) is 0. The van der Waals surface area contributed by atoms with Gasteiger partial charge in [0.1, 0.15) is 0 Å². The average molecular weight is 156 g/mol. The lowest BCUT2D eigenvalue weighted by Crippen LogP contribution is -2.31. The van der Waals surface area contributed by atoms with Gasteiger partial charge in [-0.15, -0.1) is 0 Å². The van der Waals surface area contributed by atoms with Gasteiger partial charge in [0, 0.05) is 20.3 Å². The van der Waals surface area contributed by atoms with Crippen LogP contribution in [0.5, 0.6) is 0 Å². The maximum absolute atomic E-state index is 5.23. The quantitative estimate of drug-likeness (QED) is 0.594. The summed E-state index contributed by atoms with van der Waals surface area (Å²) in [6.07, 6.45) is 3.87. The van der Waals surface area contributed by atoms with E-state index in [4.69, 9.17) is 9.39 Å². The first-order valence-corrected chi connectivity index (χ1v) is 4.00. The lowest BCUT2D eigenvalue weighted by molar-refractivity contribution is 0.107. The van der Waals surface area contributed by atoms with Gasteiger partial charge in [-0.2, -0.15) is 0 Å². The summed E-state index contributed by atoms with van der Waals surface area (Å²) in [4.78, 5) is 0. The fourth-order valence-electron chi connectivity index (χ4n) is 1.47. The molecule has 1 saturated carbocycles. The van der Waals surface area contributed by atoms with Crippen molar-refractivity contribution in [3.05, 3.63) is 0 Å². The smallest absolute Gasteiger partial charge is 0.395 e. The Balaban J connectivity index is 2.09. The number of ether oxygens (including phenoxy) is 1. The minimum Gasteiger partial charge on any atom is -0.427 e. The first-order chi connectivity index (χ1) is 5.36. The van der Waals surface area contributed by atoms with E-state index in [0.29, 0.717) is 12.1 Å². The molecule has 1 rings (SSSR count). The lowest BCUT2D eigenvalue weighted by atomic mass is 10.1. The van der Waals surface area contributed by atoms with Gasteiger partial charge in [-0.05, 0) is 19.3 Å². The van der Waals surface area contributed by atoms with Crippen LogP contribution >= 0.6 is 0 Å². The molecule has 0 amide bonds. The second kappa shape index (κ2) is 4.75. The zero-order chi connectivity index (χ0) is 8.10. The zero-order valence-corrected chi connectivity index (χ0v) is 7.17. The second-order valence-electron chi connectivity index (χ2n) is 2.89. The van der Waals surface area contributed by atoms with Crippen LogP contribution in [-0.4, -0.2) is 34.0 Å². The first-order valence-electron chi connectivity index (χ1n) is 4.00. The van der Waals surface area contributed by atoms with E-state index < -0.39 is 0 Å². The molecule has 1 radical (unpaired) electrons. The summed E-state index contributed by atoms with van der Waals surface area (Å²) in [5, 5.41) is 3.17. The SMILES string of the molecule is CO[B]N[C@H]1CC[C@@H](OC)C1. The van der Waals surface area contributed by atoms with E-state index in [1.165, 1.54) is 6.42 Å². The van der Waals surface area contributed by atoms with E-state index in [0.717, 1.165) is 12.8 Å². The molecule has 2 atom stereocenters. The molecule has 0 unspecified atom stereocenters. The number of methoxy groups -OCH3 is 1. The highest BCUT2D eigenvalue weighted by Gasteiger charge is 2.23. The van der Waals surface area contributed by atoms with Gasteiger partial charge >= 0.3 is 7.62 Å². The fraction of sp³-hybridized carbons (Fsp3) is 1.00.